The zero-order valence-electron chi connectivity index (χ0n) is 32.2. The van der Waals surface area contributed by atoms with Crippen LogP contribution in [0.15, 0.2) is 0 Å². The van der Waals surface area contributed by atoms with Crippen molar-refractivity contribution in [2.45, 2.75) is 107 Å². The second-order valence-corrected chi connectivity index (χ2v) is 20.9. The molecule has 0 aliphatic rings. The van der Waals surface area contributed by atoms with Gasteiger partial charge in [-0.05, 0) is 68.7 Å². The fraction of sp³-hybridized carbons (Fsp3) is 0.829. The number of carbonyl (C=O) groups is 6. The van der Waals surface area contributed by atoms with Crippen molar-refractivity contribution in [3.63, 3.8) is 0 Å². The standard InChI is InChI=1S/C35H58Br3NO13/c1-24(18-26(41)52-31(2,3)4)27(42)39-13-15-47-17-16-46-14-11-12-25(40)19-48-20-35(21-49-28(43)32(5,6)36,22-50-29(44)33(7,8)37)23-51-30(45)34(9,10)38/h24H,11-23H2,1-10H3,(H,39,42)/t24-/m1/s1. The molecule has 0 rings (SSSR count). The first-order valence-corrected chi connectivity index (χ1v) is 19.4. The van der Waals surface area contributed by atoms with Gasteiger partial charge in [0.25, 0.3) is 0 Å². The highest BCUT2D eigenvalue weighted by Crippen LogP contribution is 2.28. The number of esters is 4. The molecule has 0 aliphatic carbocycles. The van der Waals surface area contributed by atoms with Crippen LogP contribution in [0, 0.1) is 11.3 Å². The zero-order valence-corrected chi connectivity index (χ0v) is 37.0. The minimum Gasteiger partial charge on any atom is -0.464 e. The van der Waals surface area contributed by atoms with Crippen molar-refractivity contribution in [3.8, 4) is 0 Å². The molecular weight excluding hydrogens is 882 g/mol. The Kier molecular flexibility index (Phi) is 22.6. The van der Waals surface area contributed by atoms with Crippen LogP contribution in [0.2, 0.25) is 0 Å². The topological polar surface area (TPSA) is 179 Å². The van der Waals surface area contributed by atoms with Gasteiger partial charge in [0.05, 0.1) is 38.3 Å². The lowest BCUT2D eigenvalue weighted by atomic mass is 9.91. The van der Waals surface area contributed by atoms with E-state index >= 15 is 0 Å². The lowest BCUT2D eigenvalue weighted by molar-refractivity contribution is -0.170. The number of amides is 1. The Morgan fingerprint density at radius 3 is 1.48 bits per heavy atom. The van der Waals surface area contributed by atoms with E-state index in [-0.39, 0.29) is 83.9 Å². The predicted octanol–water partition coefficient (Wildman–Crippen LogP) is 5.01. The van der Waals surface area contributed by atoms with E-state index in [1.54, 1.807) is 69.2 Å². The number of Topliss-reactive ketones (excluding diaryl/α,β-unsaturated/α-hetero) is 1. The molecule has 0 aromatic heterocycles. The molecule has 0 aromatic carbocycles. The number of nitrogens with one attached hydrogen (secondary N) is 1. The minimum atomic E-state index is -1.33. The summed E-state index contributed by atoms with van der Waals surface area (Å²) in [6.45, 7) is 16.4. The van der Waals surface area contributed by atoms with Crippen LogP contribution >= 0.6 is 47.8 Å². The molecular formula is C35H58Br3NO13. The third kappa shape index (κ3) is 23.9. The van der Waals surface area contributed by atoms with Crippen molar-refractivity contribution in [1.29, 1.82) is 0 Å². The Labute approximate surface area is 333 Å². The van der Waals surface area contributed by atoms with Crippen molar-refractivity contribution >= 4 is 83.4 Å². The molecule has 0 heterocycles. The molecule has 0 aromatic rings. The van der Waals surface area contributed by atoms with Crippen LogP contribution < -0.4 is 5.32 Å². The normalized spacial score (nSPS) is 13.2. The van der Waals surface area contributed by atoms with Gasteiger partial charge in [-0.25, -0.2) is 0 Å². The maximum Gasteiger partial charge on any atom is 0.322 e. The lowest BCUT2D eigenvalue weighted by Crippen LogP contribution is -2.46. The summed E-state index contributed by atoms with van der Waals surface area (Å²) >= 11 is 9.77. The number of carbonyl (C=O) groups excluding carboxylic acids is 6. The summed E-state index contributed by atoms with van der Waals surface area (Å²) < 4.78 is 35.5. The predicted molar refractivity (Wildman–Crippen MR) is 204 cm³/mol. The van der Waals surface area contributed by atoms with Gasteiger partial charge in [-0.15, -0.1) is 0 Å². The SMILES string of the molecule is C[C@H](CC(=O)OC(C)(C)C)C(=O)NCCOCCOCCCC(=O)COCC(COC(=O)C(C)(C)Br)(COC(=O)C(C)(C)Br)COC(=O)C(C)(C)Br. The first kappa shape index (κ1) is 50.3. The van der Waals surface area contributed by atoms with Gasteiger partial charge in [0.2, 0.25) is 5.91 Å². The summed E-state index contributed by atoms with van der Waals surface area (Å²) in [7, 11) is 0. The van der Waals surface area contributed by atoms with Gasteiger partial charge in [-0.3, -0.25) is 28.8 Å². The Bertz CT molecular complexity index is 1090. The van der Waals surface area contributed by atoms with Crippen molar-refractivity contribution < 1.29 is 61.9 Å². The minimum absolute atomic E-state index is 0.0126. The van der Waals surface area contributed by atoms with Gasteiger partial charge in [0, 0.05) is 25.5 Å². The highest BCUT2D eigenvalue weighted by atomic mass is 79.9. The first-order valence-electron chi connectivity index (χ1n) is 17.0. The second kappa shape index (κ2) is 23.3. The average molecular weight is 941 g/mol. The van der Waals surface area contributed by atoms with Crippen molar-refractivity contribution in [1.82, 2.24) is 5.32 Å². The second-order valence-electron chi connectivity index (χ2n) is 15.0. The summed E-state index contributed by atoms with van der Waals surface area (Å²) in [5.74, 6) is -3.27. The summed E-state index contributed by atoms with van der Waals surface area (Å²) in [4.78, 5) is 74.5. The largest absolute Gasteiger partial charge is 0.464 e. The summed E-state index contributed by atoms with van der Waals surface area (Å²) in [5.41, 5.74) is -1.94. The maximum atomic E-state index is 12.6. The molecule has 0 saturated carbocycles. The zero-order chi connectivity index (χ0) is 40.4. The van der Waals surface area contributed by atoms with Crippen LogP contribution in [0.25, 0.3) is 0 Å². The smallest absolute Gasteiger partial charge is 0.322 e. The molecule has 302 valence electrons. The van der Waals surface area contributed by atoms with E-state index in [4.69, 9.17) is 33.2 Å². The molecule has 1 atom stereocenters. The van der Waals surface area contributed by atoms with E-state index in [2.05, 4.69) is 53.1 Å². The molecule has 0 spiro atoms. The summed E-state index contributed by atoms with van der Waals surface area (Å²) in [6, 6.07) is 0. The first-order chi connectivity index (χ1) is 23.7. The van der Waals surface area contributed by atoms with Gasteiger partial charge >= 0.3 is 23.9 Å². The van der Waals surface area contributed by atoms with Crippen LogP contribution in [-0.4, -0.2) is 120 Å². The molecule has 0 radical (unpaired) electrons. The van der Waals surface area contributed by atoms with Crippen molar-refractivity contribution in [2.75, 3.05) is 66.0 Å². The summed E-state index contributed by atoms with van der Waals surface area (Å²) in [6.07, 6.45) is 0.571. The highest BCUT2D eigenvalue weighted by Gasteiger charge is 2.41. The van der Waals surface area contributed by atoms with Gasteiger partial charge in [-0.1, -0.05) is 54.7 Å². The van der Waals surface area contributed by atoms with E-state index < -0.39 is 53.8 Å². The van der Waals surface area contributed by atoms with Gasteiger partial charge in [0.15, 0.2) is 5.78 Å². The average Bonchev–Trinajstić information content (AvgIpc) is 2.99. The number of alkyl halides is 3. The maximum absolute atomic E-state index is 12.6. The van der Waals surface area contributed by atoms with Gasteiger partial charge < -0.3 is 38.5 Å². The van der Waals surface area contributed by atoms with Gasteiger partial charge in [-0.2, -0.15) is 0 Å². The van der Waals surface area contributed by atoms with Gasteiger partial charge in [0.1, 0.15) is 45.0 Å². The number of hydrogen-bond acceptors (Lipinski definition) is 13. The van der Waals surface area contributed by atoms with E-state index in [0.29, 0.717) is 13.0 Å². The van der Waals surface area contributed by atoms with E-state index in [0.717, 1.165) is 0 Å². The fourth-order valence-corrected chi connectivity index (χ4v) is 4.06. The Balaban J connectivity index is 4.84. The van der Waals surface area contributed by atoms with Crippen LogP contribution in [-0.2, 0) is 61.9 Å². The third-order valence-electron chi connectivity index (χ3n) is 6.66. The Morgan fingerprint density at radius 1 is 0.615 bits per heavy atom. The molecule has 0 aliphatic heterocycles. The van der Waals surface area contributed by atoms with Crippen LogP contribution in [0.1, 0.15) is 88.5 Å². The monoisotopic (exact) mass is 937 g/mol. The summed E-state index contributed by atoms with van der Waals surface area (Å²) in [5, 5.41) is 2.72. The number of ether oxygens (including phenoxy) is 7. The van der Waals surface area contributed by atoms with Crippen LogP contribution in [0.3, 0.4) is 0 Å². The molecule has 52 heavy (non-hydrogen) atoms. The van der Waals surface area contributed by atoms with Crippen molar-refractivity contribution in [3.05, 3.63) is 0 Å². The van der Waals surface area contributed by atoms with Crippen molar-refractivity contribution in [2.24, 2.45) is 11.3 Å². The Morgan fingerprint density at radius 2 is 1.06 bits per heavy atom. The number of hydrogen-bond donors (Lipinski definition) is 1. The molecule has 14 nitrogen and oxygen atoms in total. The molecule has 17 heteroatoms. The lowest BCUT2D eigenvalue weighted by Gasteiger charge is -2.34. The number of ketones is 1. The number of rotatable bonds is 26. The molecule has 0 bridgehead atoms. The molecule has 0 saturated heterocycles. The molecule has 0 fully saturated rings. The van der Waals surface area contributed by atoms with E-state index in [9.17, 15) is 28.8 Å². The van der Waals surface area contributed by atoms with E-state index in [1.807, 2.05) is 0 Å². The Hall–Kier alpha value is -1.66. The highest BCUT2D eigenvalue weighted by molar-refractivity contribution is 9.10. The third-order valence-corrected chi connectivity index (χ3v) is 7.63. The quantitative estimate of drug-likeness (QED) is 0.0531. The molecule has 1 amide bonds. The number of halogens is 3. The molecule has 1 N–H and O–H groups in total. The molecule has 0 unspecified atom stereocenters. The van der Waals surface area contributed by atoms with E-state index in [1.165, 1.54) is 0 Å². The van der Waals surface area contributed by atoms with Crippen LogP contribution in [0.5, 0.6) is 0 Å². The fourth-order valence-electron chi connectivity index (χ4n) is 3.71. The van der Waals surface area contributed by atoms with Crippen LogP contribution in [0.4, 0.5) is 0 Å².